The van der Waals surface area contributed by atoms with Crippen molar-refractivity contribution >= 4 is 0 Å². The fourth-order valence-electron chi connectivity index (χ4n) is 2.14. The van der Waals surface area contributed by atoms with E-state index in [2.05, 4.69) is 31.3 Å². The average molecular weight is 235 g/mol. The third-order valence-electron chi connectivity index (χ3n) is 3.03. The van der Waals surface area contributed by atoms with E-state index in [-0.39, 0.29) is 0 Å². The molecule has 1 aromatic carbocycles. The zero-order valence-electron chi connectivity index (χ0n) is 10.7. The Labute approximate surface area is 103 Å². The number of benzene rings is 1. The van der Waals surface area contributed by atoms with Crippen molar-refractivity contribution in [2.75, 3.05) is 19.8 Å². The van der Waals surface area contributed by atoms with Gasteiger partial charge in [0.05, 0.1) is 13.2 Å². The van der Waals surface area contributed by atoms with Gasteiger partial charge in [0.25, 0.3) is 0 Å². The third kappa shape index (κ3) is 2.91. The van der Waals surface area contributed by atoms with Gasteiger partial charge in [-0.25, -0.2) is 0 Å². The summed E-state index contributed by atoms with van der Waals surface area (Å²) in [6, 6.07) is 6.66. The van der Waals surface area contributed by atoms with Gasteiger partial charge in [0, 0.05) is 12.5 Å². The summed E-state index contributed by atoms with van der Waals surface area (Å²) in [7, 11) is 0. The molecule has 0 fully saturated rings. The lowest BCUT2D eigenvalue weighted by Gasteiger charge is -2.18. The summed E-state index contributed by atoms with van der Waals surface area (Å²) in [5, 5.41) is 3.47. The Kier molecular flexibility index (Phi) is 4.26. The highest BCUT2D eigenvalue weighted by molar-refractivity contribution is 5.44. The largest absolute Gasteiger partial charge is 0.490 e. The molecule has 1 aromatic rings. The normalized spacial score (nSPS) is 16.4. The van der Waals surface area contributed by atoms with Crippen LogP contribution in [0.15, 0.2) is 18.2 Å². The van der Waals surface area contributed by atoms with Crippen molar-refractivity contribution in [1.82, 2.24) is 5.32 Å². The molecular formula is C14H21NO2. The van der Waals surface area contributed by atoms with Gasteiger partial charge in [0.15, 0.2) is 11.5 Å². The number of fused-ring (bicyclic) bond motifs is 1. The summed E-state index contributed by atoms with van der Waals surface area (Å²) in [4.78, 5) is 0. The lowest BCUT2D eigenvalue weighted by Crippen LogP contribution is -2.20. The van der Waals surface area contributed by atoms with Gasteiger partial charge in [-0.15, -0.1) is 0 Å². The maximum atomic E-state index is 5.71. The second-order valence-corrected chi connectivity index (χ2v) is 4.28. The molecule has 0 saturated heterocycles. The minimum atomic E-state index is 0.400. The number of nitrogens with one attached hydrogen (secondary N) is 1. The predicted octanol–water partition coefficient (Wildman–Crippen LogP) is 2.91. The van der Waals surface area contributed by atoms with E-state index in [1.165, 1.54) is 5.56 Å². The van der Waals surface area contributed by atoms with Crippen molar-refractivity contribution in [2.24, 2.45) is 0 Å². The highest BCUT2D eigenvalue weighted by Gasteiger charge is 2.14. The Bertz CT molecular complexity index is 365. The molecule has 0 bridgehead atoms. The quantitative estimate of drug-likeness (QED) is 0.870. The van der Waals surface area contributed by atoms with Crippen molar-refractivity contribution in [2.45, 2.75) is 32.7 Å². The second kappa shape index (κ2) is 5.92. The van der Waals surface area contributed by atoms with Crippen molar-refractivity contribution < 1.29 is 9.47 Å². The van der Waals surface area contributed by atoms with Crippen LogP contribution in [0.3, 0.4) is 0 Å². The second-order valence-electron chi connectivity index (χ2n) is 4.28. The molecule has 0 spiro atoms. The van der Waals surface area contributed by atoms with E-state index >= 15 is 0 Å². The molecule has 1 atom stereocenters. The monoisotopic (exact) mass is 235 g/mol. The molecule has 2 rings (SSSR count). The number of hydrogen-bond donors (Lipinski definition) is 1. The Hall–Kier alpha value is -1.22. The van der Waals surface area contributed by atoms with Crippen LogP contribution in [0.25, 0.3) is 0 Å². The van der Waals surface area contributed by atoms with Gasteiger partial charge in [-0.05, 0) is 30.7 Å². The molecule has 0 amide bonds. The molecule has 1 unspecified atom stereocenters. The summed E-state index contributed by atoms with van der Waals surface area (Å²) in [5.74, 6) is 1.76. The molecule has 1 aliphatic rings. The van der Waals surface area contributed by atoms with E-state index in [1.807, 2.05) is 6.07 Å². The topological polar surface area (TPSA) is 30.5 Å². The van der Waals surface area contributed by atoms with E-state index in [4.69, 9.17) is 9.47 Å². The Balaban J connectivity index is 2.21. The molecule has 0 radical (unpaired) electrons. The van der Waals surface area contributed by atoms with Gasteiger partial charge in [0.2, 0.25) is 0 Å². The minimum absolute atomic E-state index is 0.400. The predicted molar refractivity (Wildman–Crippen MR) is 68.8 cm³/mol. The Morgan fingerprint density at radius 1 is 1.18 bits per heavy atom. The first kappa shape index (κ1) is 12.2. The molecule has 3 nitrogen and oxygen atoms in total. The van der Waals surface area contributed by atoms with E-state index in [0.717, 1.165) is 44.1 Å². The smallest absolute Gasteiger partial charge is 0.161 e. The first-order chi connectivity index (χ1) is 8.35. The SMILES string of the molecule is CCNC(CC)c1ccc2c(c1)OCCCO2. The van der Waals surface area contributed by atoms with Gasteiger partial charge < -0.3 is 14.8 Å². The third-order valence-corrected chi connectivity index (χ3v) is 3.03. The summed E-state index contributed by atoms with van der Waals surface area (Å²) in [6.45, 7) is 6.79. The van der Waals surface area contributed by atoms with Gasteiger partial charge in [-0.1, -0.05) is 19.9 Å². The van der Waals surface area contributed by atoms with Gasteiger partial charge in [0.1, 0.15) is 0 Å². The standard InChI is InChI=1S/C14H21NO2/c1-3-12(15-4-2)11-6-7-13-14(10-11)17-9-5-8-16-13/h6-7,10,12,15H,3-5,8-9H2,1-2H3. The van der Waals surface area contributed by atoms with Crippen LogP contribution in [-0.2, 0) is 0 Å². The minimum Gasteiger partial charge on any atom is -0.490 e. The highest BCUT2D eigenvalue weighted by Crippen LogP contribution is 2.32. The van der Waals surface area contributed by atoms with Gasteiger partial charge >= 0.3 is 0 Å². The Morgan fingerprint density at radius 2 is 1.94 bits per heavy atom. The van der Waals surface area contributed by atoms with Crippen molar-refractivity contribution in [3.8, 4) is 11.5 Å². The molecule has 0 aliphatic carbocycles. The lowest BCUT2D eigenvalue weighted by molar-refractivity contribution is 0.297. The van der Waals surface area contributed by atoms with Gasteiger partial charge in [-0.2, -0.15) is 0 Å². The van der Waals surface area contributed by atoms with Crippen LogP contribution in [0.4, 0.5) is 0 Å². The van der Waals surface area contributed by atoms with Crippen LogP contribution in [0.5, 0.6) is 11.5 Å². The molecular weight excluding hydrogens is 214 g/mol. The molecule has 1 aliphatic heterocycles. The number of ether oxygens (including phenoxy) is 2. The average Bonchev–Trinajstić information content (AvgIpc) is 2.60. The Morgan fingerprint density at radius 3 is 2.65 bits per heavy atom. The van der Waals surface area contributed by atoms with Crippen LogP contribution < -0.4 is 14.8 Å². The highest BCUT2D eigenvalue weighted by atomic mass is 16.5. The summed E-state index contributed by atoms with van der Waals surface area (Å²) >= 11 is 0. The lowest BCUT2D eigenvalue weighted by atomic mass is 10.0. The van der Waals surface area contributed by atoms with E-state index in [9.17, 15) is 0 Å². The van der Waals surface area contributed by atoms with Crippen molar-refractivity contribution in [3.05, 3.63) is 23.8 Å². The van der Waals surface area contributed by atoms with Gasteiger partial charge in [-0.3, -0.25) is 0 Å². The molecule has 0 aromatic heterocycles. The summed E-state index contributed by atoms with van der Waals surface area (Å²) in [5.41, 5.74) is 1.28. The molecule has 17 heavy (non-hydrogen) atoms. The molecule has 1 heterocycles. The number of hydrogen-bond acceptors (Lipinski definition) is 3. The van der Waals surface area contributed by atoms with Crippen LogP contribution in [0, 0.1) is 0 Å². The maximum Gasteiger partial charge on any atom is 0.161 e. The van der Waals surface area contributed by atoms with Crippen LogP contribution in [-0.4, -0.2) is 19.8 Å². The summed E-state index contributed by atoms with van der Waals surface area (Å²) < 4.78 is 11.3. The molecule has 3 heteroatoms. The zero-order chi connectivity index (χ0) is 12.1. The van der Waals surface area contributed by atoms with Crippen molar-refractivity contribution in [3.63, 3.8) is 0 Å². The van der Waals surface area contributed by atoms with Crippen LogP contribution >= 0.6 is 0 Å². The molecule has 1 N–H and O–H groups in total. The van der Waals surface area contributed by atoms with E-state index in [1.54, 1.807) is 0 Å². The van der Waals surface area contributed by atoms with Crippen LogP contribution in [0.2, 0.25) is 0 Å². The molecule has 0 saturated carbocycles. The fourth-order valence-corrected chi connectivity index (χ4v) is 2.14. The fraction of sp³-hybridized carbons (Fsp3) is 0.571. The maximum absolute atomic E-state index is 5.71. The summed E-state index contributed by atoms with van der Waals surface area (Å²) in [6.07, 6.45) is 2.03. The van der Waals surface area contributed by atoms with Crippen LogP contribution in [0.1, 0.15) is 38.3 Å². The first-order valence-corrected chi connectivity index (χ1v) is 6.48. The number of rotatable bonds is 4. The van der Waals surface area contributed by atoms with E-state index < -0.39 is 0 Å². The van der Waals surface area contributed by atoms with Crippen molar-refractivity contribution in [1.29, 1.82) is 0 Å². The first-order valence-electron chi connectivity index (χ1n) is 6.48. The zero-order valence-corrected chi connectivity index (χ0v) is 10.7. The molecule has 94 valence electrons. The van der Waals surface area contributed by atoms with E-state index in [0.29, 0.717) is 6.04 Å².